The van der Waals surface area contributed by atoms with Crippen LogP contribution < -0.4 is 5.32 Å². The zero-order valence-corrected chi connectivity index (χ0v) is 10.00. The Morgan fingerprint density at radius 1 is 1.56 bits per heavy atom. The average molecular weight is 237 g/mol. The van der Waals surface area contributed by atoms with Crippen LogP contribution in [0.15, 0.2) is 23.6 Å². The lowest BCUT2D eigenvalue weighted by molar-refractivity contribution is 0.270. The minimum Gasteiger partial charge on any atom is -0.394 e. The van der Waals surface area contributed by atoms with Gasteiger partial charge in [0.15, 0.2) is 0 Å². The molecule has 0 spiro atoms. The second-order valence-corrected chi connectivity index (χ2v) is 4.58. The molecule has 4 nitrogen and oxygen atoms in total. The molecule has 2 N–H and O–H groups in total. The molecule has 0 amide bonds. The van der Waals surface area contributed by atoms with Gasteiger partial charge in [-0.2, -0.15) is 5.10 Å². The molecular formula is C11H15N3OS. The van der Waals surface area contributed by atoms with Crippen LogP contribution in [-0.4, -0.2) is 21.5 Å². The third-order valence-electron chi connectivity index (χ3n) is 2.24. The van der Waals surface area contributed by atoms with Crippen LogP contribution in [0.1, 0.15) is 10.6 Å². The number of nitrogens with one attached hydrogen (secondary N) is 1. The maximum absolute atomic E-state index is 8.92. The first-order valence-corrected chi connectivity index (χ1v) is 6.09. The van der Waals surface area contributed by atoms with Gasteiger partial charge in [0.25, 0.3) is 0 Å². The number of aromatic nitrogens is 2. The highest BCUT2D eigenvalue weighted by atomic mass is 32.1. The Kier molecular flexibility index (Phi) is 3.58. The highest BCUT2D eigenvalue weighted by Gasteiger charge is 2.04. The summed E-state index contributed by atoms with van der Waals surface area (Å²) in [6, 6.07) is 6.12. The molecule has 0 aromatic carbocycles. The van der Waals surface area contributed by atoms with Gasteiger partial charge in [-0.25, -0.2) is 4.68 Å². The summed E-state index contributed by atoms with van der Waals surface area (Å²) in [5, 5.41) is 18.6. The van der Waals surface area contributed by atoms with Crippen LogP contribution in [0.5, 0.6) is 0 Å². The number of hydrogen-bond donors (Lipinski definition) is 2. The maximum Gasteiger partial charge on any atom is 0.124 e. The van der Waals surface area contributed by atoms with E-state index in [0.717, 1.165) is 18.1 Å². The predicted octanol–water partition coefficient (Wildman–Crippen LogP) is 1.86. The minimum absolute atomic E-state index is 0.106. The Morgan fingerprint density at radius 2 is 2.44 bits per heavy atom. The summed E-state index contributed by atoms with van der Waals surface area (Å²) in [5.74, 6) is 0.958. The van der Waals surface area contributed by atoms with E-state index in [1.807, 2.05) is 19.1 Å². The van der Waals surface area contributed by atoms with Crippen LogP contribution in [0.2, 0.25) is 0 Å². The highest BCUT2D eigenvalue weighted by molar-refractivity contribution is 7.09. The van der Waals surface area contributed by atoms with E-state index in [-0.39, 0.29) is 6.61 Å². The molecule has 16 heavy (non-hydrogen) atoms. The van der Waals surface area contributed by atoms with Gasteiger partial charge >= 0.3 is 0 Å². The summed E-state index contributed by atoms with van der Waals surface area (Å²) in [5.41, 5.74) is 0.960. The number of aliphatic hydroxyl groups is 1. The molecule has 2 aromatic heterocycles. The lowest BCUT2D eigenvalue weighted by Gasteiger charge is -2.07. The Bertz CT molecular complexity index is 436. The first-order valence-electron chi connectivity index (χ1n) is 5.21. The average Bonchev–Trinajstić information content (AvgIpc) is 2.86. The molecule has 0 atom stereocenters. The fourth-order valence-corrected chi connectivity index (χ4v) is 2.19. The monoisotopic (exact) mass is 237 g/mol. The Hall–Kier alpha value is -1.33. The molecule has 0 bridgehead atoms. The molecule has 2 heterocycles. The summed E-state index contributed by atoms with van der Waals surface area (Å²) >= 11 is 1.73. The molecule has 0 saturated carbocycles. The van der Waals surface area contributed by atoms with Crippen molar-refractivity contribution in [2.24, 2.45) is 0 Å². The summed E-state index contributed by atoms with van der Waals surface area (Å²) in [7, 11) is 0. The second-order valence-electron chi connectivity index (χ2n) is 3.55. The summed E-state index contributed by atoms with van der Waals surface area (Å²) in [6.45, 7) is 3.38. The molecule has 0 saturated heterocycles. The van der Waals surface area contributed by atoms with E-state index in [2.05, 4.69) is 21.9 Å². The molecule has 0 fully saturated rings. The van der Waals surface area contributed by atoms with Crippen molar-refractivity contribution >= 4 is 17.2 Å². The zero-order valence-electron chi connectivity index (χ0n) is 9.18. The standard InChI is InChI=1S/C11H15N3OS/c1-9-7-11(14(13-9)4-5-15)12-8-10-3-2-6-16-10/h2-3,6-7,12,15H,4-5,8H2,1H3. The predicted molar refractivity (Wildman–Crippen MR) is 65.7 cm³/mol. The maximum atomic E-state index is 8.92. The fraction of sp³-hybridized carbons (Fsp3) is 0.364. The first kappa shape index (κ1) is 11.2. The highest BCUT2D eigenvalue weighted by Crippen LogP contribution is 2.14. The van der Waals surface area contributed by atoms with Gasteiger partial charge in [-0.05, 0) is 18.4 Å². The van der Waals surface area contributed by atoms with Crippen molar-refractivity contribution < 1.29 is 5.11 Å². The lowest BCUT2D eigenvalue weighted by atomic mass is 10.4. The third kappa shape index (κ3) is 2.62. The van der Waals surface area contributed by atoms with Crippen molar-refractivity contribution in [3.8, 4) is 0 Å². The quantitative estimate of drug-likeness (QED) is 0.834. The minimum atomic E-state index is 0.106. The van der Waals surface area contributed by atoms with Crippen molar-refractivity contribution in [2.75, 3.05) is 11.9 Å². The molecule has 2 rings (SSSR count). The molecule has 0 radical (unpaired) electrons. The molecule has 0 aliphatic carbocycles. The van der Waals surface area contributed by atoms with Gasteiger partial charge in [0.1, 0.15) is 5.82 Å². The topological polar surface area (TPSA) is 50.1 Å². The number of nitrogens with zero attached hydrogens (tertiary/aromatic N) is 2. The van der Waals surface area contributed by atoms with Crippen molar-refractivity contribution in [3.05, 3.63) is 34.2 Å². The van der Waals surface area contributed by atoms with Crippen molar-refractivity contribution in [1.29, 1.82) is 0 Å². The van der Waals surface area contributed by atoms with E-state index in [9.17, 15) is 0 Å². The summed E-state index contributed by atoms with van der Waals surface area (Å²) in [6.07, 6.45) is 0. The number of aliphatic hydroxyl groups excluding tert-OH is 1. The van der Waals surface area contributed by atoms with E-state index < -0.39 is 0 Å². The van der Waals surface area contributed by atoms with Crippen LogP contribution in [0.25, 0.3) is 0 Å². The van der Waals surface area contributed by atoms with E-state index >= 15 is 0 Å². The van der Waals surface area contributed by atoms with Gasteiger partial charge in [0.05, 0.1) is 25.4 Å². The van der Waals surface area contributed by atoms with Crippen LogP contribution in [-0.2, 0) is 13.1 Å². The molecular weight excluding hydrogens is 222 g/mol. The fourth-order valence-electron chi connectivity index (χ4n) is 1.54. The van der Waals surface area contributed by atoms with Crippen molar-refractivity contribution in [2.45, 2.75) is 20.0 Å². The third-order valence-corrected chi connectivity index (χ3v) is 3.11. The number of anilines is 1. The second kappa shape index (κ2) is 5.14. The van der Waals surface area contributed by atoms with Crippen molar-refractivity contribution in [1.82, 2.24) is 9.78 Å². The first-order chi connectivity index (χ1) is 7.79. The van der Waals surface area contributed by atoms with Gasteiger partial charge in [0.2, 0.25) is 0 Å². The van der Waals surface area contributed by atoms with E-state index in [1.165, 1.54) is 4.88 Å². The van der Waals surface area contributed by atoms with E-state index in [1.54, 1.807) is 16.0 Å². The van der Waals surface area contributed by atoms with Crippen molar-refractivity contribution in [3.63, 3.8) is 0 Å². The number of hydrogen-bond acceptors (Lipinski definition) is 4. The van der Waals surface area contributed by atoms with E-state index in [0.29, 0.717) is 6.54 Å². The van der Waals surface area contributed by atoms with Gasteiger partial charge in [0, 0.05) is 10.9 Å². The molecule has 0 aliphatic heterocycles. The molecule has 5 heteroatoms. The molecule has 0 aliphatic rings. The van der Waals surface area contributed by atoms with Gasteiger partial charge in [-0.15, -0.1) is 11.3 Å². The van der Waals surface area contributed by atoms with Gasteiger partial charge in [-0.1, -0.05) is 6.07 Å². The molecule has 86 valence electrons. The number of thiophene rings is 1. The Balaban J connectivity index is 2.02. The van der Waals surface area contributed by atoms with Gasteiger partial charge in [-0.3, -0.25) is 0 Å². The molecule has 0 unspecified atom stereocenters. The zero-order chi connectivity index (χ0) is 11.4. The Labute approximate surface area is 98.5 Å². The van der Waals surface area contributed by atoms with Crippen LogP contribution >= 0.6 is 11.3 Å². The smallest absolute Gasteiger partial charge is 0.124 e. The SMILES string of the molecule is Cc1cc(NCc2cccs2)n(CCO)n1. The van der Waals surface area contributed by atoms with Crippen LogP contribution in [0.3, 0.4) is 0 Å². The van der Waals surface area contributed by atoms with Gasteiger partial charge < -0.3 is 10.4 Å². The molecule has 2 aromatic rings. The lowest BCUT2D eigenvalue weighted by Crippen LogP contribution is -2.09. The number of rotatable bonds is 5. The van der Waals surface area contributed by atoms with Crippen LogP contribution in [0.4, 0.5) is 5.82 Å². The normalized spacial score (nSPS) is 10.6. The summed E-state index contributed by atoms with van der Waals surface area (Å²) < 4.78 is 1.79. The van der Waals surface area contributed by atoms with E-state index in [4.69, 9.17) is 5.11 Å². The van der Waals surface area contributed by atoms with Crippen LogP contribution in [0, 0.1) is 6.92 Å². The largest absolute Gasteiger partial charge is 0.394 e. The Morgan fingerprint density at radius 3 is 3.12 bits per heavy atom. The summed E-state index contributed by atoms with van der Waals surface area (Å²) in [4.78, 5) is 1.29. The number of aryl methyl sites for hydroxylation is 1.